The second kappa shape index (κ2) is 7.52. The minimum absolute atomic E-state index is 0.0412. The van der Waals surface area contributed by atoms with Crippen LogP contribution in [0.3, 0.4) is 0 Å². The van der Waals surface area contributed by atoms with Crippen LogP contribution in [0, 0.1) is 18.3 Å². The first kappa shape index (κ1) is 19.7. The normalized spacial score (nSPS) is 13.9. The summed E-state index contributed by atoms with van der Waals surface area (Å²) in [7, 11) is 0. The molecule has 0 aliphatic heterocycles. The maximum absolute atomic E-state index is 12.9. The van der Waals surface area contributed by atoms with Crippen LogP contribution in [0.1, 0.15) is 46.7 Å². The van der Waals surface area contributed by atoms with Crippen LogP contribution in [-0.2, 0) is 30.4 Å². The summed E-state index contributed by atoms with van der Waals surface area (Å²) < 4.78 is 39.6. The number of anilines is 1. The summed E-state index contributed by atoms with van der Waals surface area (Å²) in [4.78, 5) is 13.4. The van der Waals surface area contributed by atoms with Gasteiger partial charge in [-0.15, -0.1) is 11.3 Å². The van der Waals surface area contributed by atoms with E-state index in [1.54, 1.807) is 0 Å². The molecular weight excluding hydrogens is 401 g/mol. The predicted molar refractivity (Wildman–Crippen MR) is 95.9 cm³/mol. The summed E-state index contributed by atoms with van der Waals surface area (Å²) in [5.41, 5.74) is 0.509. The monoisotopic (exact) mass is 416 g/mol. The molecule has 1 amide bonds. The number of fused-ring (bicyclic) bond motifs is 1. The van der Waals surface area contributed by atoms with E-state index in [-0.39, 0.29) is 24.6 Å². The molecule has 2 aromatic heterocycles. The Balaban J connectivity index is 1.70. The number of aromatic nitrogens is 2. The van der Waals surface area contributed by atoms with E-state index in [1.807, 2.05) is 0 Å². The second-order valence-corrected chi connectivity index (χ2v) is 7.78. The number of hydrogen-bond acceptors (Lipinski definition) is 4. The van der Waals surface area contributed by atoms with E-state index in [0.717, 1.165) is 40.8 Å². The van der Waals surface area contributed by atoms with Crippen molar-refractivity contribution in [2.45, 2.75) is 51.7 Å². The number of alkyl halides is 3. The quantitative estimate of drug-likeness (QED) is 0.785. The third-order valence-electron chi connectivity index (χ3n) is 4.49. The molecule has 0 atom stereocenters. The van der Waals surface area contributed by atoms with Gasteiger partial charge in [-0.2, -0.15) is 23.5 Å². The van der Waals surface area contributed by atoms with Gasteiger partial charge in [-0.05, 0) is 38.2 Å². The highest BCUT2D eigenvalue weighted by Crippen LogP contribution is 2.38. The molecule has 0 radical (unpaired) electrons. The fourth-order valence-corrected chi connectivity index (χ4v) is 4.59. The first-order valence-electron chi connectivity index (χ1n) is 8.37. The molecule has 1 N–H and O–H groups in total. The summed E-state index contributed by atoms with van der Waals surface area (Å²) >= 11 is 7.11. The zero-order valence-electron chi connectivity index (χ0n) is 14.4. The smallest absolute Gasteiger partial charge is 0.317 e. The minimum Gasteiger partial charge on any atom is -0.317 e. The summed E-state index contributed by atoms with van der Waals surface area (Å²) in [6.07, 6.45) is -0.915. The molecule has 27 heavy (non-hydrogen) atoms. The standard InChI is InChI=1S/C17H16ClF3N4OS/c1-9-14(18)15(17(19,20)21)24-25(9)7-6-13(26)23-16-11(8-22)10-4-2-3-5-12(10)27-16/h2-7H2,1H3,(H,23,26). The molecule has 2 aromatic rings. The number of nitrogens with zero attached hydrogens (tertiary/aromatic N) is 3. The van der Waals surface area contributed by atoms with Crippen LogP contribution in [0.5, 0.6) is 0 Å². The van der Waals surface area contributed by atoms with Crippen LogP contribution in [0.15, 0.2) is 0 Å². The lowest BCUT2D eigenvalue weighted by Crippen LogP contribution is -2.16. The lowest BCUT2D eigenvalue weighted by molar-refractivity contribution is -0.141. The molecule has 0 saturated carbocycles. The van der Waals surface area contributed by atoms with E-state index >= 15 is 0 Å². The van der Waals surface area contributed by atoms with Gasteiger partial charge in [-0.1, -0.05) is 11.6 Å². The van der Waals surface area contributed by atoms with E-state index in [0.29, 0.717) is 10.6 Å². The molecule has 10 heteroatoms. The van der Waals surface area contributed by atoms with Crippen molar-refractivity contribution in [3.63, 3.8) is 0 Å². The number of rotatable bonds is 4. The predicted octanol–water partition coefficient (Wildman–Crippen LogP) is 4.70. The molecule has 0 fully saturated rings. The number of carbonyl (C=O) groups is 1. The van der Waals surface area contributed by atoms with Crippen LogP contribution in [0.25, 0.3) is 0 Å². The Labute approximate surface area is 162 Å². The fourth-order valence-electron chi connectivity index (χ4n) is 3.09. The lowest BCUT2D eigenvalue weighted by atomic mass is 9.96. The number of nitrogens with one attached hydrogen (secondary N) is 1. The number of nitriles is 1. The molecule has 5 nitrogen and oxygen atoms in total. The number of carbonyl (C=O) groups excluding carboxylic acids is 1. The Bertz CT molecular complexity index is 926. The first-order chi connectivity index (χ1) is 12.7. The van der Waals surface area contributed by atoms with Crippen LogP contribution >= 0.6 is 22.9 Å². The number of thiophene rings is 1. The van der Waals surface area contributed by atoms with Gasteiger partial charge < -0.3 is 5.32 Å². The molecule has 0 saturated heterocycles. The zero-order chi connectivity index (χ0) is 19.8. The highest BCUT2D eigenvalue weighted by molar-refractivity contribution is 7.16. The van der Waals surface area contributed by atoms with Gasteiger partial charge in [-0.3, -0.25) is 9.48 Å². The molecular formula is C17H16ClF3N4OS. The van der Waals surface area contributed by atoms with Crippen molar-refractivity contribution in [1.82, 2.24) is 9.78 Å². The highest BCUT2D eigenvalue weighted by atomic mass is 35.5. The van der Waals surface area contributed by atoms with Gasteiger partial charge in [0.1, 0.15) is 11.1 Å². The van der Waals surface area contributed by atoms with Gasteiger partial charge in [0, 0.05) is 11.3 Å². The molecule has 144 valence electrons. The average Bonchev–Trinajstić information content (AvgIpc) is 3.10. The van der Waals surface area contributed by atoms with Crippen molar-refractivity contribution in [3.8, 4) is 6.07 Å². The van der Waals surface area contributed by atoms with Crippen molar-refractivity contribution in [1.29, 1.82) is 5.26 Å². The van der Waals surface area contributed by atoms with Gasteiger partial charge in [0.25, 0.3) is 0 Å². The average molecular weight is 417 g/mol. The molecule has 0 bridgehead atoms. The van der Waals surface area contributed by atoms with Crippen LogP contribution < -0.4 is 5.32 Å². The maximum Gasteiger partial charge on any atom is 0.436 e. The summed E-state index contributed by atoms with van der Waals surface area (Å²) in [5.74, 6) is -0.385. The molecule has 0 spiro atoms. The Morgan fingerprint density at radius 1 is 1.41 bits per heavy atom. The third kappa shape index (κ3) is 3.96. The van der Waals surface area contributed by atoms with Gasteiger partial charge in [-0.25, -0.2) is 0 Å². The van der Waals surface area contributed by atoms with Gasteiger partial charge in [0.2, 0.25) is 5.91 Å². The van der Waals surface area contributed by atoms with Crippen molar-refractivity contribution < 1.29 is 18.0 Å². The largest absolute Gasteiger partial charge is 0.436 e. The van der Waals surface area contributed by atoms with Crippen molar-refractivity contribution in [2.24, 2.45) is 0 Å². The van der Waals surface area contributed by atoms with E-state index in [2.05, 4.69) is 16.5 Å². The summed E-state index contributed by atoms with van der Waals surface area (Å²) in [6.45, 7) is 1.38. The molecule has 1 aliphatic rings. The third-order valence-corrected chi connectivity index (χ3v) is 6.15. The van der Waals surface area contributed by atoms with E-state index < -0.39 is 16.9 Å². The van der Waals surface area contributed by atoms with Crippen LogP contribution in [0.4, 0.5) is 18.2 Å². The van der Waals surface area contributed by atoms with Crippen molar-refractivity contribution >= 4 is 33.8 Å². The van der Waals surface area contributed by atoms with Crippen molar-refractivity contribution in [3.05, 3.63) is 32.4 Å². The van der Waals surface area contributed by atoms with Gasteiger partial charge >= 0.3 is 6.18 Å². The van der Waals surface area contributed by atoms with Gasteiger partial charge in [0.15, 0.2) is 5.69 Å². The first-order valence-corrected chi connectivity index (χ1v) is 9.56. The summed E-state index contributed by atoms with van der Waals surface area (Å²) in [5, 5.41) is 15.7. The van der Waals surface area contributed by atoms with Crippen molar-refractivity contribution in [2.75, 3.05) is 5.32 Å². The number of hydrogen-bond donors (Lipinski definition) is 1. The zero-order valence-corrected chi connectivity index (χ0v) is 16.0. The van der Waals surface area contributed by atoms with E-state index in [9.17, 15) is 23.2 Å². The molecule has 0 unspecified atom stereocenters. The number of amides is 1. The highest BCUT2D eigenvalue weighted by Gasteiger charge is 2.38. The van der Waals surface area contributed by atoms with Crippen LogP contribution in [-0.4, -0.2) is 15.7 Å². The van der Waals surface area contributed by atoms with Gasteiger partial charge in [0.05, 0.1) is 22.8 Å². The van der Waals surface area contributed by atoms with Crippen LogP contribution in [0.2, 0.25) is 5.02 Å². The number of aryl methyl sites for hydroxylation is 2. The minimum atomic E-state index is -4.65. The maximum atomic E-state index is 12.9. The SMILES string of the molecule is Cc1c(Cl)c(C(F)(F)F)nn1CCC(=O)Nc1sc2c(c1C#N)CCCC2. The Morgan fingerprint density at radius 3 is 2.74 bits per heavy atom. The molecule has 1 aliphatic carbocycles. The molecule has 3 rings (SSSR count). The Morgan fingerprint density at radius 2 is 2.11 bits per heavy atom. The fraction of sp³-hybridized carbons (Fsp3) is 0.471. The van der Waals surface area contributed by atoms with E-state index in [4.69, 9.17) is 11.6 Å². The number of halogens is 4. The Hall–Kier alpha value is -2.05. The summed E-state index contributed by atoms with van der Waals surface area (Å²) in [6, 6.07) is 2.16. The Kier molecular flexibility index (Phi) is 5.49. The second-order valence-electron chi connectivity index (χ2n) is 6.29. The lowest BCUT2D eigenvalue weighted by Gasteiger charge is -2.09. The molecule has 0 aromatic carbocycles. The van der Waals surface area contributed by atoms with E-state index in [1.165, 1.54) is 18.3 Å². The topological polar surface area (TPSA) is 70.7 Å². The molecule has 2 heterocycles.